The normalized spacial score (nSPS) is 17.8. The van der Waals surface area contributed by atoms with Crippen molar-refractivity contribution in [1.82, 2.24) is 10.2 Å². The van der Waals surface area contributed by atoms with Gasteiger partial charge in [0.25, 0.3) is 0 Å². The summed E-state index contributed by atoms with van der Waals surface area (Å²) >= 11 is 1.59. The van der Waals surface area contributed by atoms with Crippen molar-refractivity contribution < 1.29 is 9.59 Å². The molecule has 1 aliphatic rings. The van der Waals surface area contributed by atoms with Gasteiger partial charge in [0, 0.05) is 30.4 Å². The van der Waals surface area contributed by atoms with Gasteiger partial charge in [0.1, 0.15) is 0 Å². The van der Waals surface area contributed by atoms with Crippen LogP contribution < -0.4 is 5.32 Å². The number of hydrogen-bond acceptors (Lipinski definition) is 3. The van der Waals surface area contributed by atoms with Crippen LogP contribution in [-0.2, 0) is 15.0 Å². The van der Waals surface area contributed by atoms with E-state index in [1.165, 1.54) is 5.56 Å². The number of carbonyl (C=O) groups excluding carboxylic acids is 2. The number of nitrogens with one attached hydrogen (secondary N) is 1. The molecule has 0 bridgehead atoms. The summed E-state index contributed by atoms with van der Waals surface area (Å²) < 4.78 is 0. The quantitative estimate of drug-likeness (QED) is 0.764. The van der Waals surface area contributed by atoms with E-state index in [0.29, 0.717) is 18.7 Å². The first-order valence-electron chi connectivity index (χ1n) is 9.60. The molecule has 144 valence electrons. The molecule has 1 aliphatic heterocycles. The molecule has 0 radical (unpaired) electrons. The highest BCUT2D eigenvalue weighted by Crippen LogP contribution is 2.26. The van der Waals surface area contributed by atoms with Crippen molar-refractivity contribution in [2.45, 2.75) is 69.7 Å². The molecule has 1 N–H and O–H groups in total. The van der Waals surface area contributed by atoms with Gasteiger partial charge in [0.05, 0.1) is 5.75 Å². The summed E-state index contributed by atoms with van der Waals surface area (Å²) in [4.78, 5) is 27.3. The van der Waals surface area contributed by atoms with Gasteiger partial charge in [-0.25, -0.2) is 0 Å². The maximum Gasteiger partial charge on any atom is 0.233 e. The highest BCUT2D eigenvalue weighted by molar-refractivity contribution is 8.00. The first kappa shape index (κ1) is 20.8. The molecule has 1 fully saturated rings. The molecule has 1 atom stereocenters. The monoisotopic (exact) mass is 376 g/mol. The third-order valence-electron chi connectivity index (χ3n) is 4.70. The fourth-order valence-electron chi connectivity index (χ4n) is 3.14. The van der Waals surface area contributed by atoms with Gasteiger partial charge in [-0.05, 0) is 42.4 Å². The van der Waals surface area contributed by atoms with Crippen LogP contribution in [0.3, 0.4) is 0 Å². The summed E-state index contributed by atoms with van der Waals surface area (Å²) in [7, 11) is 0. The minimum absolute atomic E-state index is 0.0973. The average Bonchev–Trinajstić information content (AvgIpc) is 2.59. The van der Waals surface area contributed by atoms with Crippen molar-refractivity contribution >= 4 is 23.6 Å². The Balaban J connectivity index is 1.82. The fraction of sp³-hybridized carbons (Fsp3) is 0.619. The second kappa shape index (κ2) is 9.45. The summed E-state index contributed by atoms with van der Waals surface area (Å²) in [5.41, 5.74) is 1.44. The molecule has 0 saturated carbocycles. The summed E-state index contributed by atoms with van der Waals surface area (Å²) in [5.74, 6) is 0.703. The fourth-order valence-corrected chi connectivity index (χ4v) is 3.94. The van der Waals surface area contributed by atoms with Crippen LogP contribution in [0.25, 0.3) is 0 Å². The van der Waals surface area contributed by atoms with Gasteiger partial charge in [-0.15, -0.1) is 11.8 Å². The van der Waals surface area contributed by atoms with Gasteiger partial charge in [-0.1, -0.05) is 39.8 Å². The summed E-state index contributed by atoms with van der Waals surface area (Å²) in [6.07, 6.45) is 3.32. The molecule has 1 aromatic carbocycles. The van der Waals surface area contributed by atoms with Crippen molar-refractivity contribution in [3.63, 3.8) is 0 Å². The van der Waals surface area contributed by atoms with Crippen molar-refractivity contribution in [2.75, 3.05) is 18.8 Å². The highest BCUT2D eigenvalue weighted by atomic mass is 32.2. The lowest BCUT2D eigenvalue weighted by molar-refractivity contribution is -0.131. The molecular weight excluding hydrogens is 344 g/mol. The molecule has 1 aromatic rings. The van der Waals surface area contributed by atoms with Crippen molar-refractivity contribution in [1.29, 1.82) is 0 Å². The lowest BCUT2D eigenvalue weighted by Gasteiger charge is -2.33. The highest BCUT2D eigenvalue weighted by Gasteiger charge is 2.24. The maximum atomic E-state index is 12.5. The Labute approximate surface area is 162 Å². The number of hydrogen-bond donors (Lipinski definition) is 1. The molecule has 0 aliphatic carbocycles. The molecule has 1 saturated heterocycles. The first-order chi connectivity index (χ1) is 12.3. The zero-order valence-electron chi connectivity index (χ0n) is 16.5. The average molecular weight is 377 g/mol. The van der Waals surface area contributed by atoms with Crippen molar-refractivity contribution in [2.24, 2.45) is 0 Å². The molecule has 5 heteroatoms. The lowest BCUT2D eigenvalue weighted by atomic mass is 9.87. The molecule has 0 aromatic heterocycles. The predicted molar refractivity (Wildman–Crippen MR) is 109 cm³/mol. The summed E-state index contributed by atoms with van der Waals surface area (Å²) in [6.45, 7) is 10.0. The van der Waals surface area contributed by atoms with Gasteiger partial charge < -0.3 is 10.2 Å². The lowest BCUT2D eigenvalue weighted by Crippen LogP contribution is -2.50. The summed E-state index contributed by atoms with van der Waals surface area (Å²) in [6, 6.07) is 8.59. The molecule has 2 amide bonds. The number of thioether (sulfide) groups is 1. The largest absolute Gasteiger partial charge is 0.352 e. The Morgan fingerprint density at radius 2 is 1.92 bits per heavy atom. The zero-order chi connectivity index (χ0) is 19.2. The molecule has 4 nitrogen and oxygen atoms in total. The topological polar surface area (TPSA) is 49.4 Å². The SMILES string of the molecule is CCCC(=O)NC1CCCN(C(=O)CSc2ccc(C(C)(C)C)cc2)C1. The summed E-state index contributed by atoms with van der Waals surface area (Å²) in [5, 5.41) is 3.06. The Morgan fingerprint density at radius 3 is 2.54 bits per heavy atom. The Kier molecular flexibility index (Phi) is 7.56. The van der Waals surface area contributed by atoms with E-state index in [9.17, 15) is 9.59 Å². The zero-order valence-corrected chi connectivity index (χ0v) is 17.3. The predicted octanol–water partition coefficient (Wildman–Crippen LogP) is 3.98. The van der Waals surface area contributed by atoms with Gasteiger partial charge in [0.15, 0.2) is 0 Å². The van der Waals surface area contributed by atoms with Crippen LogP contribution >= 0.6 is 11.8 Å². The van der Waals surface area contributed by atoms with Crippen LogP contribution in [0.15, 0.2) is 29.2 Å². The van der Waals surface area contributed by atoms with E-state index >= 15 is 0 Å². The Morgan fingerprint density at radius 1 is 1.23 bits per heavy atom. The molecule has 26 heavy (non-hydrogen) atoms. The number of rotatable bonds is 6. The van der Waals surface area contributed by atoms with Gasteiger partial charge >= 0.3 is 0 Å². The Bertz CT molecular complexity index is 607. The van der Waals surface area contributed by atoms with Gasteiger partial charge in [0.2, 0.25) is 11.8 Å². The molecular formula is C21H32N2O2S. The number of benzene rings is 1. The van der Waals surface area contributed by atoms with Crippen LogP contribution in [0.4, 0.5) is 0 Å². The number of carbonyl (C=O) groups is 2. The van der Waals surface area contributed by atoms with E-state index < -0.39 is 0 Å². The third kappa shape index (κ3) is 6.35. The number of likely N-dealkylation sites (tertiary alicyclic amines) is 1. The maximum absolute atomic E-state index is 12.5. The Hall–Kier alpha value is -1.49. The first-order valence-corrected chi connectivity index (χ1v) is 10.6. The van der Waals surface area contributed by atoms with Gasteiger partial charge in [-0.3, -0.25) is 9.59 Å². The number of piperidine rings is 1. The number of nitrogens with zero attached hydrogens (tertiary/aromatic N) is 1. The number of amides is 2. The second-order valence-corrected chi connectivity index (χ2v) is 9.11. The van der Waals surface area contributed by atoms with E-state index in [1.807, 2.05) is 11.8 Å². The third-order valence-corrected chi connectivity index (χ3v) is 5.70. The molecule has 1 heterocycles. The standard InChI is InChI=1S/C21H32N2O2S/c1-5-7-19(24)22-17-8-6-13-23(14-17)20(25)15-26-18-11-9-16(10-12-18)21(2,3)4/h9-12,17H,5-8,13-15H2,1-4H3,(H,22,24). The van der Waals surface area contributed by atoms with Crippen molar-refractivity contribution in [3.05, 3.63) is 29.8 Å². The van der Waals surface area contributed by atoms with Crippen LogP contribution in [0.1, 0.15) is 58.9 Å². The van der Waals surface area contributed by atoms with E-state index in [2.05, 4.69) is 50.4 Å². The minimum Gasteiger partial charge on any atom is -0.352 e. The van der Waals surface area contributed by atoms with Crippen LogP contribution in [0.2, 0.25) is 0 Å². The van der Waals surface area contributed by atoms with E-state index in [4.69, 9.17) is 0 Å². The van der Waals surface area contributed by atoms with Crippen LogP contribution in [-0.4, -0.2) is 41.6 Å². The minimum atomic E-state index is 0.0973. The van der Waals surface area contributed by atoms with E-state index in [1.54, 1.807) is 11.8 Å². The molecule has 0 spiro atoms. The van der Waals surface area contributed by atoms with Crippen LogP contribution in [0.5, 0.6) is 0 Å². The van der Waals surface area contributed by atoms with Crippen molar-refractivity contribution in [3.8, 4) is 0 Å². The molecule has 1 unspecified atom stereocenters. The van der Waals surface area contributed by atoms with Gasteiger partial charge in [-0.2, -0.15) is 0 Å². The van der Waals surface area contributed by atoms with E-state index in [-0.39, 0.29) is 23.3 Å². The van der Waals surface area contributed by atoms with E-state index in [0.717, 1.165) is 30.7 Å². The molecule has 2 rings (SSSR count). The van der Waals surface area contributed by atoms with Crippen LogP contribution in [0, 0.1) is 0 Å². The smallest absolute Gasteiger partial charge is 0.233 e. The second-order valence-electron chi connectivity index (χ2n) is 8.06.